The molecule has 5 nitrogen and oxygen atoms in total. The van der Waals surface area contributed by atoms with Crippen molar-refractivity contribution >= 4 is 51.4 Å². The summed E-state index contributed by atoms with van der Waals surface area (Å²) >= 11 is 13.3. The number of benzene rings is 2. The number of halogens is 2. The lowest BCUT2D eigenvalue weighted by Crippen LogP contribution is -2.13. The van der Waals surface area contributed by atoms with E-state index in [1.54, 1.807) is 28.8 Å². The number of carbonyl (C=O) groups is 1. The topological polar surface area (TPSA) is 59.3 Å². The highest BCUT2D eigenvalue weighted by Crippen LogP contribution is 2.27. The Labute approximate surface area is 156 Å². The van der Waals surface area contributed by atoms with E-state index < -0.39 is 0 Å². The van der Waals surface area contributed by atoms with Crippen molar-refractivity contribution in [1.82, 2.24) is 14.6 Å². The van der Waals surface area contributed by atoms with Gasteiger partial charge >= 0.3 is 0 Å². The van der Waals surface area contributed by atoms with Crippen LogP contribution in [0.3, 0.4) is 0 Å². The fraction of sp³-hybridized carbons (Fsp3) is 0. The third-order valence-corrected chi connectivity index (χ3v) is 4.84. The Morgan fingerprint density at radius 1 is 1.08 bits per heavy atom. The highest BCUT2D eigenvalue weighted by molar-refractivity contribution is 7.15. The van der Waals surface area contributed by atoms with Crippen LogP contribution in [0.4, 0.5) is 5.95 Å². The van der Waals surface area contributed by atoms with Gasteiger partial charge in [-0.05, 0) is 30.3 Å². The summed E-state index contributed by atoms with van der Waals surface area (Å²) in [5.74, 6) is -0.0687. The summed E-state index contributed by atoms with van der Waals surface area (Å²) in [7, 11) is 0. The van der Waals surface area contributed by atoms with Crippen LogP contribution in [-0.2, 0) is 0 Å². The maximum Gasteiger partial charge on any atom is 0.258 e. The first-order valence-electron chi connectivity index (χ1n) is 7.27. The summed E-state index contributed by atoms with van der Waals surface area (Å²) in [6, 6.07) is 14.2. The van der Waals surface area contributed by atoms with Gasteiger partial charge in [0.1, 0.15) is 0 Å². The predicted molar refractivity (Wildman–Crippen MR) is 101 cm³/mol. The minimum atomic E-state index is -0.311. The molecule has 0 aliphatic rings. The zero-order valence-electron chi connectivity index (χ0n) is 12.6. The van der Waals surface area contributed by atoms with Gasteiger partial charge in [-0.15, -0.1) is 16.4 Å². The van der Waals surface area contributed by atoms with Crippen LogP contribution in [-0.4, -0.2) is 20.5 Å². The van der Waals surface area contributed by atoms with E-state index >= 15 is 0 Å². The number of aromatic nitrogens is 3. The number of amides is 1. The molecule has 0 fully saturated rings. The number of carbonyl (C=O) groups excluding carboxylic acids is 1. The molecule has 0 spiro atoms. The highest BCUT2D eigenvalue weighted by Gasteiger charge is 2.14. The van der Waals surface area contributed by atoms with E-state index in [1.807, 2.05) is 29.6 Å². The van der Waals surface area contributed by atoms with Crippen molar-refractivity contribution in [1.29, 1.82) is 0 Å². The summed E-state index contributed by atoms with van der Waals surface area (Å²) in [5, 5.41) is 10.2. The van der Waals surface area contributed by atoms with E-state index in [2.05, 4.69) is 15.4 Å². The van der Waals surface area contributed by atoms with Crippen molar-refractivity contribution in [3.8, 4) is 11.3 Å². The molecule has 0 saturated heterocycles. The van der Waals surface area contributed by atoms with E-state index in [1.165, 1.54) is 11.3 Å². The predicted octanol–water partition coefficient (Wildman–Crippen LogP) is 5.02. The molecule has 0 atom stereocenters. The molecular weight excluding hydrogens is 379 g/mol. The van der Waals surface area contributed by atoms with Crippen LogP contribution in [0.2, 0.25) is 10.0 Å². The van der Waals surface area contributed by atoms with E-state index in [0.29, 0.717) is 20.6 Å². The van der Waals surface area contributed by atoms with Crippen LogP contribution < -0.4 is 5.32 Å². The molecule has 25 heavy (non-hydrogen) atoms. The van der Waals surface area contributed by atoms with Crippen molar-refractivity contribution < 1.29 is 4.79 Å². The molecule has 0 bridgehead atoms. The quantitative estimate of drug-likeness (QED) is 0.536. The summed E-state index contributed by atoms with van der Waals surface area (Å²) in [6.07, 6.45) is 0. The number of anilines is 1. The van der Waals surface area contributed by atoms with E-state index in [0.717, 1.165) is 11.3 Å². The molecule has 124 valence electrons. The molecule has 1 N–H and O–H groups in total. The molecule has 0 aliphatic carbocycles. The first-order valence-corrected chi connectivity index (χ1v) is 8.91. The molecule has 4 aromatic rings. The third-order valence-electron chi connectivity index (χ3n) is 3.53. The van der Waals surface area contributed by atoms with Gasteiger partial charge in [-0.3, -0.25) is 10.1 Å². The van der Waals surface area contributed by atoms with Crippen molar-refractivity contribution in [3.05, 3.63) is 69.5 Å². The molecule has 2 aromatic carbocycles. The van der Waals surface area contributed by atoms with Crippen LogP contribution in [0.5, 0.6) is 0 Å². The molecule has 2 heterocycles. The Hall–Kier alpha value is -2.41. The smallest absolute Gasteiger partial charge is 0.258 e. The normalized spacial score (nSPS) is 11.0. The van der Waals surface area contributed by atoms with Crippen molar-refractivity contribution in [2.75, 3.05) is 5.32 Å². The molecule has 1 amide bonds. The largest absolute Gasteiger partial charge is 0.289 e. The number of fused-ring (bicyclic) bond motifs is 1. The Bertz CT molecular complexity index is 1070. The van der Waals surface area contributed by atoms with Gasteiger partial charge < -0.3 is 0 Å². The molecule has 4 rings (SSSR count). The average Bonchev–Trinajstić information content (AvgIpc) is 3.16. The summed E-state index contributed by atoms with van der Waals surface area (Å²) in [4.78, 5) is 17.3. The Morgan fingerprint density at radius 2 is 1.88 bits per heavy atom. The second kappa shape index (κ2) is 6.48. The summed E-state index contributed by atoms with van der Waals surface area (Å²) < 4.78 is 1.70. The molecule has 8 heteroatoms. The maximum atomic E-state index is 12.3. The Morgan fingerprint density at radius 3 is 2.64 bits per heavy atom. The number of thiazole rings is 1. The molecule has 2 aromatic heterocycles. The Kier molecular flexibility index (Phi) is 4.17. The van der Waals surface area contributed by atoms with Gasteiger partial charge in [-0.25, -0.2) is 4.52 Å². The first kappa shape index (κ1) is 16.1. The number of hydrogen-bond acceptors (Lipinski definition) is 4. The average molecular weight is 389 g/mol. The molecule has 0 saturated carbocycles. The summed E-state index contributed by atoms with van der Waals surface area (Å²) in [5.41, 5.74) is 2.30. The SMILES string of the molecule is O=C(Nc1nc2scc(-c3ccc(Cl)cc3)n2n1)c1cccc(Cl)c1. The van der Waals surface area contributed by atoms with Crippen LogP contribution in [0.15, 0.2) is 53.9 Å². The second-order valence-corrected chi connectivity index (χ2v) is 6.93. The van der Waals surface area contributed by atoms with Crippen LogP contribution in [0, 0.1) is 0 Å². The number of nitrogens with zero attached hydrogens (tertiary/aromatic N) is 3. The van der Waals surface area contributed by atoms with Crippen LogP contribution in [0.25, 0.3) is 16.2 Å². The van der Waals surface area contributed by atoms with Crippen molar-refractivity contribution in [2.45, 2.75) is 0 Å². The van der Waals surface area contributed by atoms with E-state index in [4.69, 9.17) is 23.2 Å². The maximum absolute atomic E-state index is 12.3. The zero-order valence-corrected chi connectivity index (χ0v) is 14.9. The molecule has 0 unspecified atom stereocenters. The Balaban J connectivity index is 1.64. The van der Waals surface area contributed by atoms with Crippen LogP contribution >= 0.6 is 34.5 Å². The first-order chi connectivity index (χ1) is 12.1. The van der Waals surface area contributed by atoms with Gasteiger partial charge in [-0.2, -0.15) is 4.98 Å². The number of rotatable bonds is 3. The zero-order chi connectivity index (χ0) is 17.4. The minimum absolute atomic E-state index is 0.243. The number of nitrogens with one attached hydrogen (secondary N) is 1. The van der Waals surface area contributed by atoms with Crippen molar-refractivity contribution in [3.63, 3.8) is 0 Å². The van der Waals surface area contributed by atoms with Gasteiger partial charge in [0.2, 0.25) is 4.96 Å². The van der Waals surface area contributed by atoms with E-state index in [-0.39, 0.29) is 11.9 Å². The molecule has 0 radical (unpaired) electrons. The lowest BCUT2D eigenvalue weighted by atomic mass is 10.2. The van der Waals surface area contributed by atoms with Crippen LogP contribution in [0.1, 0.15) is 10.4 Å². The second-order valence-electron chi connectivity index (χ2n) is 5.22. The molecular formula is C17H10Cl2N4OS. The van der Waals surface area contributed by atoms with Gasteiger partial charge in [0.05, 0.1) is 5.69 Å². The minimum Gasteiger partial charge on any atom is -0.289 e. The summed E-state index contributed by atoms with van der Waals surface area (Å²) in [6.45, 7) is 0. The standard InChI is InChI=1S/C17H10Cl2N4OS/c18-12-6-4-10(5-7-12)14-9-25-17-21-16(22-23(14)17)20-15(24)11-2-1-3-13(19)8-11/h1-9H,(H,20,22,24). The van der Waals surface area contributed by atoms with Gasteiger partial charge in [0.25, 0.3) is 11.9 Å². The van der Waals surface area contributed by atoms with E-state index in [9.17, 15) is 4.79 Å². The van der Waals surface area contributed by atoms with Gasteiger partial charge in [0, 0.05) is 26.6 Å². The van der Waals surface area contributed by atoms with Crippen molar-refractivity contribution in [2.24, 2.45) is 0 Å². The third kappa shape index (κ3) is 3.24. The van der Waals surface area contributed by atoms with Gasteiger partial charge in [-0.1, -0.05) is 41.4 Å². The number of hydrogen-bond donors (Lipinski definition) is 1. The fourth-order valence-corrected chi connectivity index (χ4v) is 3.50. The highest BCUT2D eigenvalue weighted by atomic mass is 35.5. The molecule has 0 aliphatic heterocycles. The van der Waals surface area contributed by atoms with Gasteiger partial charge in [0.15, 0.2) is 0 Å². The monoisotopic (exact) mass is 388 g/mol. The lowest BCUT2D eigenvalue weighted by molar-refractivity contribution is 0.102. The lowest BCUT2D eigenvalue weighted by Gasteiger charge is -2.01. The fourth-order valence-electron chi connectivity index (χ4n) is 2.36.